The number of ketones is 2. The second kappa shape index (κ2) is 3.48. The molecular formula is C10H12O2. The zero-order valence-corrected chi connectivity index (χ0v) is 7.39. The molecule has 0 saturated heterocycles. The Balaban J connectivity index is 3.00. The molecule has 2 heteroatoms. The fourth-order valence-corrected chi connectivity index (χ4v) is 1.19. The molecule has 0 amide bonds. The summed E-state index contributed by atoms with van der Waals surface area (Å²) >= 11 is 0. The molecule has 0 fully saturated rings. The Morgan fingerprint density at radius 3 is 2.25 bits per heavy atom. The van der Waals surface area contributed by atoms with Crippen molar-refractivity contribution in [3.8, 4) is 0 Å². The Morgan fingerprint density at radius 1 is 1.08 bits per heavy atom. The lowest BCUT2D eigenvalue weighted by molar-refractivity contribution is -0.131. The lowest BCUT2D eigenvalue weighted by Gasteiger charge is -2.08. The zero-order chi connectivity index (χ0) is 9.14. The lowest BCUT2D eigenvalue weighted by Crippen LogP contribution is -2.17. The van der Waals surface area contributed by atoms with E-state index in [0.717, 1.165) is 12.0 Å². The molecule has 0 unspecified atom stereocenters. The Labute approximate surface area is 72.0 Å². The van der Waals surface area contributed by atoms with Gasteiger partial charge < -0.3 is 0 Å². The molecule has 1 rings (SSSR count). The van der Waals surface area contributed by atoms with Gasteiger partial charge in [0.25, 0.3) is 0 Å². The molecule has 0 aromatic carbocycles. The van der Waals surface area contributed by atoms with Gasteiger partial charge in [0.05, 0.1) is 0 Å². The summed E-state index contributed by atoms with van der Waals surface area (Å²) in [6, 6.07) is 0. The maximum Gasteiger partial charge on any atom is 0.228 e. The molecule has 1 aliphatic carbocycles. The summed E-state index contributed by atoms with van der Waals surface area (Å²) in [6.45, 7) is 3.86. The van der Waals surface area contributed by atoms with Crippen LogP contribution < -0.4 is 0 Å². The standard InChI is InChI=1S/C10H12O2/c1-3-7-5-8(4-2)10(12)9(11)6-7/h5-6H,3-4H2,1-2H3. The molecule has 0 bridgehead atoms. The summed E-state index contributed by atoms with van der Waals surface area (Å²) in [5.41, 5.74) is 1.59. The Kier molecular flexibility index (Phi) is 2.58. The van der Waals surface area contributed by atoms with E-state index >= 15 is 0 Å². The molecule has 1 aliphatic rings. The summed E-state index contributed by atoms with van der Waals surface area (Å²) < 4.78 is 0. The number of hydrogen-bond acceptors (Lipinski definition) is 2. The van der Waals surface area contributed by atoms with E-state index < -0.39 is 0 Å². The van der Waals surface area contributed by atoms with Crippen LogP contribution in [0.1, 0.15) is 26.7 Å². The number of carbonyl (C=O) groups excluding carboxylic acids is 2. The average Bonchev–Trinajstić information content (AvgIpc) is 2.09. The molecule has 0 heterocycles. The first-order chi connectivity index (χ1) is 5.69. The van der Waals surface area contributed by atoms with Crippen LogP contribution in [-0.4, -0.2) is 11.6 Å². The highest BCUT2D eigenvalue weighted by Gasteiger charge is 2.19. The molecule has 2 nitrogen and oxygen atoms in total. The van der Waals surface area contributed by atoms with Crippen LogP contribution in [0, 0.1) is 0 Å². The van der Waals surface area contributed by atoms with Gasteiger partial charge in [-0.15, -0.1) is 0 Å². The monoisotopic (exact) mass is 164 g/mol. The van der Waals surface area contributed by atoms with Crippen LogP contribution in [0.5, 0.6) is 0 Å². The first-order valence-electron chi connectivity index (χ1n) is 4.18. The minimum absolute atomic E-state index is 0.338. The van der Waals surface area contributed by atoms with Crippen molar-refractivity contribution < 1.29 is 9.59 Å². The van der Waals surface area contributed by atoms with Crippen LogP contribution in [0.3, 0.4) is 0 Å². The Hall–Kier alpha value is -1.18. The highest BCUT2D eigenvalue weighted by Crippen LogP contribution is 2.16. The van der Waals surface area contributed by atoms with Crippen LogP contribution in [0.4, 0.5) is 0 Å². The highest BCUT2D eigenvalue weighted by molar-refractivity contribution is 6.48. The van der Waals surface area contributed by atoms with Gasteiger partial charge in [0, 0.05) is 5.57 Å². The normalized spacial score (nSPS) is 17.5. The van der Waals surface area contributed by atoms with Crippen molar-refractivity contribution >= 4 is 11.6 Å². The van der Waals surface area contributed by atoms with E-state index in [1.54, 1.807) is 0 Å². The van der Waals surface area contributed by atoms with E-state index in [4.69, 9.17) is 0 Å². The molecule has 12 heavy (non-hydrogen) atoms. The number of allylic oxidation sites excluding steroid dienone is 4. The van der Waals surface area contributed by atoms with E-state index in [1.165, 1.54) is 6.08 Å². The van der Waals surface area contributed by atoms with Crippen molar-refractivity contribution in [1.29, 1.82) is 0 Å². The maximum atomic E-state index is 11.2. The van der Waals surface area contributed by atoms with Gasteiger partial charge in [-0.2, -0.15) is 0 Å². The van der Waals surface area contributed by atoms with Gasteiger partial charge in [0.2, 0.25) is 11.6 Å². The van der Waals surface area contributed by atoms with Crippen molar-refractivity contribution in [2.75, 3.05) is 0 Å². The minimum Gasteiger partial charge on any atom is -0.286 e. The third-order valence-electron chi connectivity index (χ3n) is 1.98. The van der Waals surface area contributed by atoms with Gasteiger partial charge in [-0.1, -0.05) is 19.9 Å². The van der Waals surface area contributed by atoms with Crippen molar-refractivity contribution in [3.63, 3.8) is 0 Å². The predicted molar refractivity (Wildman–Crippen MR) is 46.8 cm³/mol. The first kappa shape index (κ1) is 8.91. The van der Waals surface area contributed by atoms with Crippen LogP contribution in [-0.2, 0) is 9.59 Å². The van der Waals surface area contributed by atoms with E-state index in [0.29, 0.717) is 12.0 Å². The van der Waals surface area contributed by atoms with Crippen molar-refractivity contribution in [1.82, 2.24) is 0 Å². The van der Waals surface area contributed by atoms with E-state index in [1.807, 2.05) is 19.9 Å². The number of rotatable bonds is 2. The van der Waals surface area contributed by atoms with Gasteiger partial charge in [0.15, 0.2) is 0 Å². The summed E-state index contributed by atoms with van der Waals surface area (Å²) in [6.07, 6.45) is 4.70. The molecular weight excluding hydrogens is 152 g/mol. The summed E-state index contributed by atoms with van der Waals surface area (Å²) in [5.74, 6) is -0.707. The Bertz CT molecular complexity index is 282. The van der Waals surface area contributed by atoms with Crippen LogP contribution in [0.15, 0.2) is 23.3 Å². The number of hydrogen-bond donors (Lipinski definition) is 0. The largest absolute Gasteiger partial charge is 0.286 e. The second-order valence-electron chi connectivity index (χ2n) is 2.79. The smallest absolute Gasteiger partial charge is 0.228 e. The predicted octanol–water partition coefficient (Wildman–Crippen LogP) is 1.81. The van der Waals surface area contributed by atoms with E-state index in [-0.39, 0.29) is 11.6 Å². The SMILES string of the molecule is CCC1=CC(=O)C(=O)C(CC)=C1. The summed E-state index contributed by atoms with van der Waals surface area (Å²) in [7, 11) is 0. The summed E-state index contributed by atoms with van der Waals surface area (Å²) in [5, 5.41) is 0. The van der Waals surface area contributed by atoms with Gasteiger partial charge in [-0.05, 0) is 24.5 Å². The van der Waals surface area contributed by atoms with Crippen LogP contribution in [0.25, 0.3) is 0 Å². The number of carbonyl (C=O) groups is 2. The fraction of sp³-hybridized carbons (Fsp3) is 0.400. The molecule has 0 atom stereocenters. The van der Waals surface area contributed by atoms with Gasteiger partial charge >= 0.3 is 0 Å². The Morgan fingerprint density at radius 2 is 1.75 bits per heavy atom. The molecule has 0 aromatic heterocycles. The average molecular weight is 164 g/mol. The van der Waals surface area contributed by atoms with Crippen molar-refractivity contribution in [2.24, 2.45) is 0 Å². The van der Waals surface area contributed by atoms with Crippen LogP contribution in [0.2, 0.25) is 0 Å². The molecule has 0 saturated carbocycles. The molecule has 0 aromatic rings. The van der Waals surface area contributed by atoms with Crippen molar-refractivity contribution in [3.05, 3.63) is 23.3 Å². The highest BCUT2D eigenvalue weighted by atomic mass is 16.2. The molecule has 64 valence electrons. The third kappa shape index (κ3) is 1.52. The lowest BCUT2D eigenvalue weighted by atomic mass is 9.94. The fourth-order valence-electron chi connectivity index (χ4n) is 1.19. The van der Waals surface area contributed by atoms with Gasteiger partial charge in [-0.3, -0.25) is 9.59 Å². The van der Waals surface area contributed by atoms with E-state index in [2.05, 4.69) is 0 Å². The zero-order valence-electron chi connectivity index (χ0n) is 7.39. The van der Waals surface area contributed by atoms with Crippen LogP contribution >= 0.6 is 0 Å². The van der Waals surface area contributed by atoms with Gasteiger partial charge in [-0.25, -0.2) is 0 Å². The molecule has 0 spiro atoms. The molecule has 0 aliphatic heterocycles. The number of Topliss-reactive ketones (excluding diaryl/α,β-unsaturated/α-hetero) is 1. The van der Waals surface area contributed by atoms with Gasteiger partial charge in [0.1, 0.15) is 0 Å². The maximum absolute atomic E-state index is 11.2. The third-order valence-corrected chi connectivity index (χ3v) is 1.98. The summed E-state index contributed by atoms with van der Waals surface area (Å²) in [4.78, 5) is 22.2. The molecule has 0 radical (unpaired) electrons. The van der Waals surface area contributed by atoms with Crippen molar-refractivity contribution in [2.45, 2.75) is 26.7 Å². The second-order valence-corrected chi connectivity index (χ2v) is 2.79. The minimum atomic E-state index is -0.369. The quantitative estimate of drug-likeness (QED) is 0.460. The van der Waals surface area contributed by atoms with E-state index in [9.17, 15) is 9.59 Å². The first-order valence-corrected chi connectivity index (χ1v) is 4.18. The molecule has 0 N–H and O–H groups in total. The topological polar surface area (TPSA) is 34.1 Å².